The van der Waals surface area contributed by atoms with Crippen molar-refractivity contribution in [3.8, 4) is 0 Å². The Morgan fingerprint density at radius 1 is 1.04 bits per heavy atom. The number of nitrogens with one attached hydrogen (secondary N) is 1. The van der Waals surface area contributed by atoms with Gasteiger partial charge in [-0.25, -0.2) is 8.78 Å². The molecule has 0 radical (unpaired) electrons. The smallest absolute Gasteiger partial charge is 0.323 e. The van der Waals surface area contributed by atoms with Crippen molar-refractivity contribution in [3.05, 3.63) is 71.3 Å². The topological polar surface area (TPSA) is 69.6 Å². The second-order valence-corrected chi connectivity index (χ2v) is 7.08. The van der Waals surface area contributed by atoms with E-state index in [4.69, 9.17) is 0 Å². The molecule has 3 N–H and O–H groups in total. The lowest BCUT2D eigenvalue weighted by atomic mass is 10.0. The number of hydrogen-bond donors (Lipinski definition) is 3. The number of hydrogen-bond acceptors (Lipinski definition) is 2. The van der Waals surface area contributed by atoms with E-state index in [1.165, 1.54) is 6.07 Å². The van der Waals surface area contributed by atoms with E-state index in [9.17, 15) is 23.1 Å². The fourth-order valence-electron chi connectivity index (χ4n) is 2.30. The van der Waals surface area contributed by atoms with Gasteiger partial charge in [-0.1, -0.05) is 43.3 Å². The molecule has 2 aromatic carbocycles. The van der Waals surface area contributed by atoms with Gasteiger partial charge in [-0.3, -0.25) is 9.88 Å². The first-order valence-corrected chi connectivity index (χ1v) is 8.75. The first-order valence-electron chi connectivity index (χ1n) is 7.07. The Hall–Kier alpha value is -1.59. The van der Waals surface area contributed by atoms with Gasteiger partial charge in [0.25, 0.3) is 0 Å². The van der Waals surface area contributed by atoms with Crippen molar-refractivity contribution in [1.29, 1.82) is 0 Å². The lowest BCUT2D eigenvalue weighted by molar-refractivity contribution is 0.346. The second kappa shape index (κ2) is 7.32. The Balaban J connectivity index is 2.17. The van der Waals surface area contributed by atoms with Crippen molar-refractivity contribution in [2.45, 2.75) is 18.6 Å². The van der Waals surface area contributed by atoms with Gasteiger partial charge in [-0.15, -0.1) is 0 Å². The van der Waals surface area contributed by atoms with Crippen molar-refractivity contribution in [3.63, 3.8) is 0 Å². The van der Waals surface area contributed by atoms with E-state index in [0.29, 0.717) is 0 Å². The average Bonchev–Trinajstić information content (AvgIpc) is 2.50. The highest BCUT2D eigenvalue weighted by atomic mass is 31.2. The van der Waals surface area contributed by atoms with Crippen LogP contribution < -0.4 is 5.32 Å². The summed E-state index contributed by atoms with van der Waals surface area (Å²) in [6, 6.07) is 12.3. The molecule has 4 nitrogen and oxygen atoms in total. The van der Waals surface area contributed by atoms with Gasteiger partial charge in [0.2, 0.25) is 0 Å². The van der Waals surface area contributed by atoms with Crippen molar-refractivity contribution < 1.29 is 23.1 Å². The Morgan fingerprint density at radius 2 is 1.70 bits per heavy atom. The number of halogens is 2. The van der Waals surface area contributed by atoms with Crippen LogP contribution >= 0.6 is 7.60 Å². The molecule has 0 aromatic heterocycles. The van der Waals surface area contributed by atoms with Gasteiger partial charge >= 0.3 is 7.60 Å². The maximum absolute atomic E-state index is 13.3. The van der Waals surface area contributed by atoms with Crippen LogP contribution in [0.4, 0.5) is 8.78 Å². The van der Waals surface area contributed by atoms with E-state index in [1.54, 1.807) is 0 Å². The molecule has 0 unspecified atom stereocenters. The highest BCUT2D eigenvalue weighted by Gasteiger charge is 2.31. The minimum absolute atomic E-state index is 0.00412. The third kappa shape index (κ3) is 4.69. The van der Waals surface area contributed by atoms with Crippen LogP contribution in [0.2, 0.25) is 0 Å². The minimum Gasteiger partial charge on any atom is -0.323 e. The maximum atomic E-state index is 13.3. The van der Waals surface area contributed by atoms with Crippen LogP contribution in [0.3, 0.4) is 0 Å². The molecule has 0 heterocycles. The predicted octanol–water partition coefficient (Wildman–Crippen LogP) is 3.53. The molecule has 2 atom stereocenters. The third-order valence-electron chi connectivity index (χ3n) is 3.58. The highest BCUT2D eigenvalue weighted by Crippen LogP contribution is 2.50. The Bertz CT molecular complexity index is 706. The van der Waals surface area contributed by atoms with E-state index >= 15 is 0 Å². The predicted molar refractivity (Wildman–Crippen MR) is 84.0 cm³/mol. The van der Waals surface area contributed by atoms with Gasteiger partial charge < -0.3 is 9.79 Å². The summed E-state index contributed by atoms with van der Waals surface area (Å²) in [5.41, 5.74) is 1.02. The summed E-state index contributed by atoms with van der Waals surface area (Å²) in [6.07, 6.45) is 0. The van der Waals surface area contributed by atoms with Crippen LogP contribution in [-0.2, 0) is 4.57 Å². The molecule has 2 aromatic rings. The van der Waals surface area contributed by atoms with Crippen molar-refractivity contribution in [2.75, 3.05) is 6.54 Å². The molecule has 0 saturated carbocycles. The van der Waals surface area contributed by atoms with Gasteiger partial charge in [-0.05, 0) is 29.2 Å². The minimum atomic E-state index is -4.58. The summed E-state index contributed by atoms with van der Waals surface area (Å²) in [7, 11) is -4.58. The van der Waals surface area contributed by atoms with Gasteiger partial charge in [0.15, 0.2) is 11.6 Å². The van der Waals surface area contributed by atoms with E-state index in [0.717, 1.165) is 17.7 Å². The van der Waals surface area contributed by atoms with Crippen molar-refractivity contribution in [1.82, 2.24) is 5.32 Å². The van der Waals surface area contributed by atoms with Crippen LogP contribution in [0.5, 0.6) is 0 Å². The van der Waals surface area contributed by atoms with Crippen LogP contribution in [0.25, 0.3) is 0 Å². The lowest BCUT2D eigenvalue weighted by Gasteiger charge is -2.23. The molecule has 0 fully saturated rings. The van der Waals surface area contributed by atoms with Gasteiger partial charge in [0.1, 0.15) is 5.78 Å². The molecule has 23 heavy (non-hydrogen) atoms. The molecule has 124 valence electrons. The largest absolute Gasteiger partial charge is 0.346 e. The molecule has 0 spiro atoms. The van der Waals surface area contributed by atoms with E-state index < -0.39 is 25.0 Å². The van der Waals surface area contributed by atoms with Gasteiger partial charge in [0, 0.05) is 6.54 Å². The van der Waals surface area contributed by atoms with E-state index in [2.05, 4.69) is 5.32 Å². The molecule has 7 heteroatoms. The van der Waals surface area contributed by atoms with E-state index in [-0.39, 0.29) is 18.0 Å². The fraction of sp³-hybridized carbons (Fsp3) is 0.250. The zero-order valence-corrected chi connectivity index (χ0v) is 13.4. The maximum Gasteiger partial charge on any atom is 0.346 e. The first-order chi connectivity index (χ1) is 10.8. The number of rotatable bonds is 6. The zero-order chi connectivity index (χ0) is 17.0. The fourth-order valence-corrected chi connectivity index (χ4v) is 3.19. The van der Waals surface area contributed by atoms with Crippen LogP contribution in [0.15, 0.2) is 48.5 Å². The summed E-state index contributed by atoms with van der Waals surface area (Å²) in [6.45, 7) is 2.18. The Labute approximate surface area is 133 Å². The number of benzene rings is 2. The summed E-state index contributed by atoms with van der Waals surface area (Å²) in [4.78, 5) is 19.0. The second-order valence-electron chi connectivity index (χ2n) is 5.39. The van der Waals surface area contributed by atoms with Crippen LogP contribution in [-0.4, -0.2) is 16.3 Å². The molecule has 2 rings (SSSR count). The highest BCUT2D eigenvalue weighted by molar-refractivity contribution is 7.52. The Morgan fingerprint density at radius 3 is 2.26 bits per heavy atom. The molecular weight excluding hydrogens is 323 g/mol. The Kier molecular flexibility index (Phi) is 5.65. The van der Waals surface area contributed by atoms with Crippen LogP contribution in [0, 0.1) is 11.6 Å². The monoisotopic (exact) mass is 341 g/mol. The average molecular weight is 341 g/mol. The molecule has 0 aliphatic heterocycles. The first kappa shape index (κ1) is 17.8. The molecule has 0 aliphatic carbocycles. The standard InChI is InChI=1S/C16H18F2NO3P/c1-11(12-5-3-2-4-6-12)10-19-16(23(20,21)22)13-7-8-14(17)15(18)9-13/h2-9,11,16,19H,10H2,1H3,(H2,20,21,22)/t11-,16+/m0/s1. The van der Waals surface area contributed by atoms with Crippen molar-refractivity contribution in [2.24, 2.45) is 0 Å². The van der Waals surface area contributed by atoms with Crippen LogP contribution in [0.1, 0.15) is 29.8 Å². The normalized spacial score (nSPS) is 14.5. The van der Waals surface area contributed by atoms with Crippen molar-refractivity contribution >= 4 is 7.60 Å². The zero-order valence-electron chi connectivity index (χ0n) is 12.5. The quantitative estimate of drug-likeness (QED) is 0.703. The SMILES string of the molecule is C[C@@H](CN[C@@H](c1ccc(F)c(F)c1)P(=O)(O)O)c1ccccc1. The molecule has 0 saturated heterocycles. The van der Waals surface area contributed by atoms with Gasteiger partial charge in [-0.2, -0.15) is 0 Å². The molecule has 0 bridgehead atoms. The molecule has 0 amide bonds. The van der Waals surface area contributed by atoms with E-state index in [1.807, 2.05) is 37.3 Å². The summed E-state index contributed by atoms with van der Waals surface area (Å²) in [5.74, 6) is -3.59. The lowest BCUT2D eigenvalue weighted by Crippen LogP contribution is -2.26. The van der Waals surface area contributed by atoms with Gasteiger partial charge in [0.05, 0.1) is 0 Å². The summed E-state index contributed by atoms with van der Waals surface area (Å²) in [5, 5.41) is 2.77. The third-order valence-corrected chi connectivity index (χ3v) is 4.74. The molecular formula is C16H18F2NO3P. The summed E-state index contributed by atoms with van der Waals surface area (Å²) >= 11 is 0. The summed E-state index contributed by atoms with van der Waals surface area (Å²) < 4.78 is 38.0. The molecule has 0 aliphatic rings.